The third kappa shape index (κ3) is 4.94. The molecule has 8 nitrogen and oxygen atoms in total. The summed E-state index contributed by atoms with van der Waals surface area (Å²) < 4.78 is 41.1. The molecule has 0 radical (unpaired) electrons. The Balaban J connectivity index is 1.11. The van der Waals surface area contributed by atoms with E-state index in [2.05, 4.69) is 25.6 Å². The highest BCUT2D eigenvalue weighted by Crippen LogP contribution is 2.40. The number of carbonyl (C=O) groups is 1. The van der Waals surface area contributed by atoms with E-state index in [1.807, 2.05) is 6.92 Å². The van der Waals surface area contributed by atoms with Gasteiger partial charge < -0.3 is 15.7 Å². The zero-order chi connectivity index (χ0) is 25.5. The summed E-state index contributed by atoms with van der Waals surface area (Å²) in [6.07, 6.45) is 0.481. The number of aryl methyl sites for hydroxylation is 1. The van der Waals surface area contributed by atoms with Crippen molar-refractivity contribution in [2.45, 2.75) is 63.0 Å². The van der Waals surface area contributed by atoms with Crippen LogP contribution in [0.2, 0.25) is 0 Å². The Morgan fingerprint density at radius 2 is 2.03 bits per heavy atom. The predicted octanol–water partition coefficient (Wildman–Crippen LogP) is 3.57. The molecule has 1 aliphatic heterocycles. The number of amides is 1. The van der Waals surface area contributed by atoms with Crippen molar-refractivity contribution >= 4 is 34.0 Å². The molecule has 36 heavy (non-hydrogen) atoms. The van der Waals surface area contributed by atoms with Crippen LogP contribution in [0, 0.1) is 0 Å². The molecule has 0 atom stereocenters. The van der Waals surface area contributed by atoms with Gasteiger partial charge in [0.1, 0.15) is 5.60 Å². The monoisotopic (exact) mass is 522 g/mol. The lowest BCUT2D eigenvalue weighted by atomic mass is 9.80. The minimum absolute atomic E-state index is 0.0309. The van der Waals surface area contributed by atoms with E-state index in [9.17, 15) is 23.1 Å². The van der Waals surface area contributed by atoms with Crippen molar-refractivity contribution < 1.29 is 23.1 Å². The minimum atomic E-state index is -4.45. The van der Waals surface area contributed by atoms with E-state index in [0.717, 1.165) is 42.9 Å². The number of aliphatic hydroxyl groups is 1. The molecule has 3 aromatic rings. The average Bonchev–Trinajstić information content (AvgIpc) is 3.48. The van der Waals surface area contributed by atoms with Crippen LogP contribution in [0.3, 0.4) is 0 Å². The standard InChI is InChI=1S/C24H29F3N6O2S/c1-2-33-19-4-3-15(24(25,26)27)9-18(19)22(31-33)29-11-21(34)30-16-12-32(13-16)17-5-7-23(35,8-6-17)20-10-28-14-36-20/h3-4,9-10,14,16-17,35H,2,5-8,11-13H2,1H3,(H,29,31)(H,30,34)/t17-,23-. The number of nitrogens with zero attached hydrogens (tertiary/aromatic N) is 4. The summed E-state index contributed by atoms with van der Waals surface area (Å²) in [4.78, 5) is 19.9. The highest BCUT2D eigenvalue weighted by atomic mass is 32.1. The maximum absolute atomic E-state index is 13.2. The topological polar surface area (TPSA) is 95.3 Å². The van der Waals surface area contributed by atoms with Crippen molar-refractivity contribution in [3.63, 3.8) is 0 Å². The largest absolute Gasteiger partial charge is 0.416 e. The molecule has 3 N–H and O–H groups in total. The van der Waals surface area contributed by atoms with Crippen molar-refractivity contribution in [3.05, 3.63) is 40.3 Å². The lowest BCUT2D eigenvalue weighted by Crippen LogP contribution is -2.63. The molecule has 12 heteroatoms. The summed E-state index contributed by atoms with van der Waals surface area (Å²) in [5.74, 6) is 0.0352. The van der Waals surface area contributed by atoms with Gasteiger partial charge in [-0.05, 0) is 50.8 Å². The maximum atomic E-state index is 13.2. The summed E-state index contributed by atoms with van der Waals surface area (Å²) in [6, 6.07) is 3.94. The first-order chi connectivity index (χ1) is 17.2. The van der Waals surface area contributed by atoms with Crippen LogP contribution in [0.15, 0.2) is 29.9 Å². The van der Waals surface area contributed by atoms with Gasteiger partial charge in [0, 0.05) is 37.3 Å². The van der Waals surface area contributed by atoms with Gasteiger partial charge in [0.2, 0.25) is 5.91 Å². The van der Waals surface area contributed by atoms with Gasteiger partial charge >= 0.3 is 6.18 Å². The number of anilines is 1. The maximum Gasteiger partial charge on any atom is 0.416 e. The molecule has 0 bridgehead atoms. The number of likely N-dealkylation sites (tertiary alicyclic amines) is 1. The van der Waals surface area contributed by atoms with Crippen LogP contribution in [-0.4, -0.2) is 62.4 Å². The normalized spacial score (nSPS) is 23.5. The third-order valence-corrected chi connectivity index (χ3v) is 8.22. The number of carbonyl (C=O) groups excluding carboxylic acids is 1. The average molecular weight is 523 g/mol. The van der Waals surface area contributed by atoms with E-state index in [4.69, 9.17) is 0 Å². The van der Waals surface area contributed by atoms with E-state index in [1.54, 1.807) is 16.4 Å². The Labute approximate surface area is 210 Å². The van der Waals surface area contributed by atoms with Crippen LogP contribution in [0.5, 0.6) is 0 Å². The molecule has 0 unspecified atom stereocenters. The second-order valence-corrected chi connectivity index (χ2v) is 10.5. The number of hydrogen-bond acceptors (Lipinski definition) is 7. The van der Waals surface area contributed by atoms with Gasteiger partial charge in [-0.25, -0.2) is 0 Å². The molecule has 1 saturated carbocycles. The van der Waals surface area contributed by atoms with Crippen LogP contribution in [-0.2, 0) is 23.1 Å². The lowest BCUT2D eigenvalue weighted by Gasteiger charge is -2.48. The van der Waals surface area contributed by atoms with Gasteiger partial charge in [0.15, 0.2) is 5.82 Å². The Morgan fingerprint density at radius 1 is 1.28 bits per heavy atom. The number of alkyl halides is 3. The van der Waals surface area contributed by atoms with Crippen molar-refractivity contribution in [2.75, 3.05) is 25.0 Å². The second-order valence-electron chi connectivity index (χ2n) is 9.59. The SMILES string of the molecule is CCn1nc(NCC(=O)NC2CN([C@H]3CC[C@@](O)(c4cncs4)CC3)C2)c2cc(C(F)(F)F)ccc21. The molecule has 194 valence electrons. The lowest BCUT2D eigenvalue weighted by molar-refractivity contribution is -0.137. The summed E-state index contributed by atoms with van der Waals surface area (Å²) in [6.45, 7) is 3.77. The zero-order valence-corrected chi connectivity index (χ0v) is 20.7. The number of rotatable bonds is 7. The van der Waals surface area contributed by atoms with E-state index in [1.165, 1.54) is 17.4 Å². The fourth-order valence-electron chi connectivity index (χ4n) is 5.21. The second kappa shape index (κ2) is 9.64. The van der Waals surface area contributed by atoms with Crippen molar-refractivity contribution in [1.29, 1.82) is 0 Å². The first kappa shape index (κ1) is 25.0. The molecule has 5 rings (SSSR count). The highest BCUT2D eigenvalue weighted by molar-refractivity contribution is 7.09. The van der Waals surface area contributed by atoms with Crippen LogP contribution in [0.1, 0.15) is 43.0 Å². The summed E-state index contributed by atoms with van der Waals surface area (Å²) in [7, 11) is 0. The first-order valence-corrected chi connectivity index (χ1v) is 13.0. The molecule has 1 aliphatic carbocycles. The minimum Gasteiger partial charge on any atom is -0.384 e. The van der Waals surface area contributed by atoms with Gasteiger partial charge in [-0.15, -0.1) is 11.3 Å². The molecule has 2 fully saturated rings. The Hall–Kier alpha value is -2.70. The summed E-state index contributed by atoms with van der Waals surface area (Å²) in [5.41, 5.74) is 0.797. The van der Waals surface area contributed by atoms with E-state index < -0.39 is 17.3 Å². The first-order valence-electron chi connectivity index (χ1n) is 12.1. The number of benzene rings is 1. The highest BCUT2D eigenvalue weighted by Gasteiger charge is 2.41. The van der Waals surface area contributed by atoms with Crippen molar-refractivity contribution in [1.82, 2.24) is 25.0 Å². The zero-order valence-electron chi connectivity index (χ0n) is 19.9. The van der Waals surface area contributed by atoms with E-state index in [-0.39, 0.29) is 24.3 Å². The van der Waals surface area contributed by atoms with Gasteiger partial charge in [-0.2, -0.15) is 18.3 Å². The Bertz CT molecular complexity index is 1210. The fourth-order valence-corrected chi connectivity index (χ4v) is 5.99. The Kier molecular flexibility index (Phi) is 6.69. The Morgan fingerprint density at radius 3 is 2.67 bits per heavy atom. The fraction of sp³-hybridized carbons (Fsp3) is 0.542. The molecule has 1 aromatic carbocycles. The number of nitrogens with one attached hydrogen (secondary N) is 2. The van der Waals surface area contributed by atoms with Crippen LogP contribution in [0.4, 0.5) is 19.0 Å². The molecule has 2 aliphatic rings. The number of fused-ring (bicyclic) bond motifs is 1. The van der Waals surface area contributed by atoms with Gasteiger partial charge in [-0.1, -0.05) is 0 Å². The molecular weight excluding hydrogens is 493 g/mol. The number of hydrogen-bond donors (Lipinski definition) is 3. The molecule has 0 spiro atoms. The summed E-state index contributed by atoms with van der Waals surface area (Å²) in [5, 5.41) is 21.5. The van der Waals surface area contributed by atoms with Crippen LogP contribution < -0.4 is 10.6 Å². The molecule has 3 heterocycles. The smallest absolute Gasteiger partial charge is 0.384 e. The van der Waals surface area contributed by atoms with E-state index >= 15 is 0 Å². The number of thiazole rings is 1. The van der Waals surface area contributed by atoms with E-state index in [0.29, 0.717) is 36.3 Å². The van der Waals surface area contributed by atoms with Crippen molar-refractivity contribution in [3.8, 4) is 0 Å². The van der Waals surface area contributed by atoms with Crippen LogP contribution >= 0.6 is 11.3 Å². The number of aromatic nitrogens is 3. The quantitative estimate of drug-likeness (QED) is 0.439. The van der Waals surface area contributed by atoms with Crippen LogP contribution in [0.25, 0.3) is 10.9 Å². The van der Waals surface area contributed by atoms with Gasteiger partial charge in [0.05, 0.1) is 34.1 Å². The molecule has 1 amide bonds. The molecular formula is C24H29F3N6O2S. The van der Waals surface area contributed by atoms with Gasteiger partial charge in [0.25, 0.3) is 0 Å². The van der Waals surface area contributed by atoms with Crippen molar-refractivity contribution in [2.24, 2.45) is 0 Å². The molecule has 2 aromatic heterocycles. The number of halogens is 3. The summed E-state index contributed by atoms with van der Waals surface area (Å²) >= 11 is 1.49. The van der Waals surface area contributed by atoms with Gasteiger partial charge in [-0.3, -0.25) is 19.4 Å². The molecule has 1 saturated heterocycles. The predicted molar refractivity (Wildman–Crippen MR) is 131 cm³/mol. The third-order valence-electron chi connectivity index (χ3n) is 7.26.